The molecule has 0 aliphatic rings. The number of oxazole rings is 1. The largest absolute Gasteiger partial charge is 0.444 e. The molecule has 0 radical (unpaired) electrons. The van der Waals surface area contributed by atoms with Gasteiger partial charge in [-0.15, -0.1) is 0 Å². The minimum absolute atomic E-state index is 0.0330. The molecule has 10 nitrogen and oxygen atoms in total. The normalized spacial score (nSPS) is 10.6. The summed E-state index contributed by atoms with van der Waals surface area (Å²) in [6.45, 7) is 0. The molecule has 0 spiro atoms. The lowest BCUT2D eigenvalue weighted by molar-refractivity contribution is 0.0995. The second kappa shape index (κ2) is 6.67. The lowest BCUT2D eigenvalue weighted by atomic mass is 10.2. The molecule has 10 heteroatoms. The van der Waals surface area contributed by atoms with Gasteiger partial charge in [-0.05, 0) is 12.1 Å². The minimum atomic E-state index is -0.741. The van der Waals surface area contributed by atoms with Gasteiger partial charge in [-0.25, -0.2) is 9.97 Å². The van der Waals surface area contributed by atoms with E-state index in [0.717, 1.165) is 5.82 Å². The predicted octanol–water partition coefficient (Wildman–Crippen LogP) is 0.887. The average molecular weight is 355 g/mol. The summed E-state index contributed by atoms with van der Waals surface area (Å²) in [6.07, 6.45) is 4.34. The van der Waals surface area contributed by atoms with Crippen LogP contribution in [0.2, 0.25) is 0 Å². The second-order valence-electron chi connectivity index (χ2n) is 5.72. The summed E-state index contributed by atoms with van der Waals surface area (Å²) in [6, 6.07) is 3.52. The third kappa shape index (κ3) is 3.38. The number of anilines is 2. The van der Waals surface area contributed by atoms with Gasteiger partial charge in [0.25, 0.3) is 11.8 Å². The maximum Gasteiger partial charge on any atom is 0.277 e. The van der Waals surface area contributed by atoms with Crippen molar-refractivity contribution in [1.29, 1.82) is 0 Å². The quantitative estimate of drug-likeness (QED) is 0.694. The lowest BCUT2D eigenvalue weighted by Crippen LogP contribution is -2.18. The highest BCUT2D eigenvalue weighted by molar-refractivity contribution is 6.07. The van der Waals surface area contributed by atoms with Gasteiger partial charge < -0.3 is 20.4 Å². The molecule has 3 heterocycles. The number of nitrogens with zero attached hydrogens (tertiary/aromatic N) is 5. The first-order valence-corrected chi connectivity index (χ1v) is 7.59. The summed E-state index contributed by atoms with van der Waals surface area (Å²) in [5, 5.41) is 6.47. The van der Waals surface area contributed by atoms with E-state index in [1.807, 2.05) is 19.0 Å². The van der Waals surface area contributed by atoms with Crippen molar-refractivity contribution < 1.29 is 14.0 Å². The number of carbonyl (C=O) groups excluding carboxylic acids is 2. The van der Waals surface area contributed by atoms with Gasteiger partial charge in [0.2, 0.25) is 5.89 Å². The third-order valence-electron chi connectivity index (χ3n) is 3.50. The van der Waals surface area contributed by atoms with Gasteiger partial charge in [0.1, 0.15) is 12.1 Å². The summed E-state index contributed by atoms with van der Waals surface area (Å²) in [7, 11) is 5.34. The number of carbonyl (C=O) groups is 2. The van der Waals surface area contributed by atoms with Crippen molar-refractivity contribution in [3.05, 3.63) is 42.2 Å². The van der Waals surface area contributed by atoms with Crippen LogP contribution in [-0.2, 0) is 7.05 Å². The fraction of sp³-hybridized carbons (Fsp3) is 0.188. The van der Waals surface area contributed by atoms with Crippen molar-refractivity contribution >= 4 is 23.3 Å². The maximum atomic E-state index is 12.4. The van der Waals surface area contributed by atoms with Crippen molar-refractivity contribution in [1.82, 2.24) is 19.7 Å². The van der Waals surface area contributed by atoms with Gasteiger partial charge in [-0.3, -0.25) is 14.3 Å². The number of nitrogens with one attached hydrogen (secondary N) is 1. The standard InChI is InChI=1S/C16H17N7O3/c1-22(2)12-6-9(4-5-18-12)16-20-11(8-26-16)15(25)19-10-7-23(3)21-13(10)14(17)24/h4-8H,1-3H3,(H2,17,24)(H,19,25). The van der Waals surface area contributed by atoms with Crippen molar-refractivity contribution in [2.45, 2.75) is 0 Å². The number of aryl methyl sites for hydroxylation is 1. The summed E-state index contributed by atoms with van der Waals surface area (Å²) in [5.74, 6) is -0.276. The number of aromatic nitrogens is 4. The van der Waals surface area contributed by atoms with Crippen LogP contribution in [0.4, 0.5) is 11.5 Å². The smallest absolute Gasteiger partial charge is 0.277 e. The highest BCUT2D eigenvalue weighted by Gasteiger charge is 2.19. The van der Waals surface area contributed by atoms with Crippen LogP contribution in [0, 0.1) is 0 Å². The number of hydrogen-bond donors (Lipinski definition) is 2. The van der Waals surface area contributed by atoms with E-state index < -0.39 is 11.8 Å². The minimum Gasteiger partial charge on any atom is -0.444 e. The number of nitrogens with two attached hydrogens (primary N) is 1. The Balaban J connectivity index is 1.83. The van der Waals surface area contributed by atoms with Crippen LogP contribution in [0.25, 0.3) is 11.5 Å². The fourth-order valence-corrected chi connectivity index (χ4v) is 2.25. The zero-order valence-corrected chi connectivity index (χ0v) is 14.4. The summed E-state index contributed by atoms with van der Waals surface area (Å²) < 4.78 is 6.78. The first kappa shape index (κ1) is 17.1. The molecule has 134 valence electrons. The van der Waals surface area contributed by atoms with Gasteiger partial charge in [0.15, 0.2) is 11.4 Å². The van der Waals surface area contributed by atoms with Gasteiger partial charge in [-0.2, -0.15) is 5.10 Å². The summed E-state index contributed by atoms with van der Waals surface area (Å²) in [4.78, 5) is 34.0. The molecule has 0 aromatic carbocycles. The molecule has 26 heavy (non-hydrogen) atoms. The third-order valence-corrected chi connectivity index (χ3v) is 3.50. The van der Waals surface area contributed by atoms with E-state index in [1.54, 1.807) is 25.4 Å². The van der Waals surface area contributed by atoms with E-state index in [4.69, 9.17) is 10.2 Å². The molecule has 0 aliphatic carbocycles. The molecule has 0 unspecified atom stereocenters. The van der Waals surface area contributed by atoms with Crippen molar-refractivity contribution in [2.75, 3.05) is 24.3 Å². The highest BCUT2D eigenvalue weighted by Crippen LogP contribution is 2.22. The van der Waals surface area contributed by atoms with Crippen LogP contribution < -0.4 is 16.0 Å². The Morgan fingerprint density at radius 3 is 2.81 bits per heavy atom. The number of amides is 2. The Morgan fingerprint density at radius 1 is 1.35 bits per heavy atom. The molecule has 0 atom stereocenters. The Bertz CT molecular complexity index is 974. The molecule has 3 N–H and O–H groups in total. The van der Waals surface area contributed by atoms with Crippen molar-refractivity contribution in [3.63, 3.8) is 0 Å². The molecule has 2 amide bonds. The van der Waals surface area contributed by atoms with E-state index in [9.17, 15) is 9.59 Å². The van der Waals surface area contributed by atoms with Crippen LogP contribution in [-0.4, -0.2) is 45.7 Å². The fourth-order valence-electron chi connectivity index (χ4n) is 2.25. The molecule has 0 saturated carbocycles. The van der Waals surface area contributed by atoms with Crippen molar-refractivity contribution in [3.8, 4) is 11.5 Å². The van der Waals surface area contributed by atoms with Gasteiger partial charge in [0, 0.05) is 39.1 Å². The predicted molar refractivity (Wildman–Crippen MR) is 93.7 cm³/mol. The first-order chi connectivity index (χ1) is 12.3. The van der Waals surface area contributed by atoms with Crippen LogP contribution in [0.5, 0.6) is 0 Å². The first-order valence-electron chi connectivity index (χ1n) is 7.59. The summed E-state index contributed by atoms with van der Waals surface area (Å²) >= 11 is 0. The Labute approximate surface area is 148 Å². The van der Waals surface area contributed by atoms with Crippen LogP contribution in [0.3, 0.4) is 0 Å². The highest BCUT2D eigenvalue weighted by atomic mass is 16.3. The second-order valence-corrected chi connectivity index (χ2v) is 5.72. The number of pyridine rings is 1. The van der Waals surface area contributed by atoms with Crippen LogP contribution in [0.1, 0.15) is 21.0 Å². The monoisotopic (exact) mass is 355 g/mol. The zero-order chi connectivity index (χ0) is 18.8. The molecule has 0 bridgehead atoms. The van der Waals surface area contributed by atoms with E-state index in [2.05, 4.69) is 20.4 Å². The number of rotatable bonds is 5. The number of hydrogen-bond acceptors (Lipinski definition) is 7. The van der Waals surface area contributed by atoms with Gasteiger partial charge in [0.05, 0.1) is 5.69 Å². The molecule has 3 aromatic heterocycles. The topological polar surface area (TPSA) is 132 Å². The SMILES string of the molecule is CN(C)c1cc(-c2nc(C(=O)Nc3cn(C)nc3C(N)=O)co2)ccn1. The Kier molecular flexibility index (Phi) is 4.40. The summed E-state index contributed by atoms with van der Waals surface area (Å²) in [5.41, 5.74) is 6.16. The van der Waals surface area contributed by atoms with Crippen LogP contribution in [0.15, 0.2) is 35.2 Å². The average Bonchev–Trinajstić information content (AvgIpc) is 3.22. The Morgan fingerprint density at radius 2 is 2.12 bits per heavy atom. The van der Waals surface area contributed by atoms with Crippen molar-refractivity contribution in [2.24, 2.45) is 12.8 Å². The molecule has 3 aromatic rings. The van der Waals surface area contributed by atoms with E-state index in [1.165, 1.54) is 17.1 Å². The van der Waals surface area contributed by atoms with Gasteiger partial charge >= 0.3 is 0 Å². The van der Waals surface area contributed by atoms with E-state index in [0.29, 0.717) is 5.56 Å². The molecular weight excluding hydrogens is 338 g/mol. The maximum absolute atomic E-state index is 12.4. The number of primary amides is 1. The Hall–Kier alpha value is -3.69. The lowest BCUT2D eigenvalue weighted by Gasteiger charge is -2.10. The molecular formula is C16H17N7O3. The van der Waals surface area contributed by atoms with E-state index >= 15 is 0 Å². The molecule has 0 fully saturated rings. The molecule has 0 saturated heterocycles. The molecule has 0 aliphatic heterocycles. The molecule has 3 rings (SSSR count). The van der Waals surface area contributed by atoms with Gasteiger partial charge in [-0.1, -0.05) is 0 Å². The zero-order valence-electron chi connectivity index (χ0n) is 14.4. The van der Waals surface area contributed by atoms with E-state index in [-0.39, 0.29) is 23.0 Å². The van der Waals surface area contributed by atoms with Crippen LogP contribution >= 0.6 is 0 Å².